The fraction of sp³-hybridized carbons (Fsp3) is 0.214. The minimum absolute atomic E-state index is 0.0972. The first-order chi connectivity index (χ1) is 10.0. The first-order valence-corrected chi connectivity index (χ1v) is 7.58. The Kier molecular flexibility index (Phi) is 5.08. The lowest BCUT2D eigenvalue weighted by Gasteiger charge is -2.09. The molecular weight excluding hydrogens is 354 g/mol. The van der Waals surface area contributed by atoms with E-state index in [1.165, 1.54) is 10.8 Å². The van der Waals surface area contributed by atoms with Gasteiger partial charge in [0, 0.05) is 17.2 Å². The Morgan fingerprint density at radius 2 is 2.10 bits per heavy atom. The number of halogens is 1. The molecule has 0 saturated carbocycles. The number of rotatable bonds is 4. The average molecular weight is 368 g/mol. The van der Waals surface area contributed by atoms with Gasteiger partial charge in [-0.1, -0.05) is 22.9 Å². The van der Waals surface area contributed by atoms with E-state index in [4.69, 9.17) is 12.2 Å². The third kappa shape index (κ3) is 3.68. The van der Waals surface area contributed by atoms with Gasteiger partial charge in [0.15, 0.2) is 4.77 Å². The van der Waals surface area contributed by atoms with Gasteiger partial charge in [0.05, 0.1) is 5.69 Å². The molecule has 2 N–H and O–H groups in total. The number of aromatic nitrogens is 2. The van der Waals surface area contributed by atoms with E-state index in [2.05, 4.69) is 25.9 Å². The minimum atomic E-state index is -0.453. The van der Waals surface area contributed by atoms with E-state index >= 15 is 0 Å². The molecule has 0 bridgehead atoms. The summed E-state index contributed by atoms with van der Waals surface area (Å²) in [5.74, 6) is -0.161. The van der Waals surface area contributed by atoms with E-state index in [0.29, 0.717) is 12.2 Å². The normalized spacial score (nSPS) is 11.1. The molecule has 21 heavy (non-hydrogen) atoms. The summed E-state index contributed by atoms with van der Waals surface area (Å²) < 4.78 is 2.64. The van der Waals surface area contributed by atoms with Crippen molar-refractivity contribution in [2.24, 2.45) is 4.99 Å². The summed E-state index contributed by atoms with van der Waals surface area (Å²) in [5.41, 5.74) is 0.326. The lowest BCUT2D eigenvalue weighted by atomic mass is 10.3. The molecule has 110 valence electrons. The third-order valence-electron chi connectivity index (χ3n) is 2.82. The summed E-state index contributed by atoms with van der Waals surface area (Å²) in [5, 5.41) is 10.2. The maximum atomic E-state index is 11.9. The number of aromatic amines is 1. The average Bonchev–Trinajstić information content (AvgIpc) is 2.45. The summed E-state index contributed by atoms with van der Waals surface area (Å²) >= 11 is 8.38. The number of aliphatic imine (C=N–C) groups is 1. The van der Waals surface area contributed by atoms with Crippen LogP contribution < -0.4 is 5.56 Å². The quantitative estimate of drug-likeness (QED) is 0.641. The van der Waals surface area contributed by atoms with Crippen LogP contribution in [0.1, 0.15) is 18.9 Å². The second-order valence-electron chi connectivity index (χ2n) is 4.38. The highest BCUT2D eigenvalue weighted by Gasteiger charge is 2.10. The highest BCUT2D eigenvalue weighted by molar-refractivity contribution is 9.10. The Morgan fingerprint density at radius 3 is 2.71 bits per heavy atom. The summed E-state index contributed by atoms with van der Waals surface area (Å²) in [6.45, 7) is 2.49. The van der Waals surface area contributed by atoms with Crippen molar-refractivity contribution in [3.8, 4) is 5.88 Å². The Hall–Kier alpha value is -1.73. The summed E-state index contributed by atoms with van der Waals surface area (Å²) in [6.07, 6.45) is 2.13. The van der Waals surface area contributed by atoms with Gasteiger partial charge >= 0.3 is 0 Å². The van der Waals surface area contributed by atoms with Crippen LogP contribution in [0.15, 0.2) is 38.5 Å². The van der Waals surface area contributed by atoms with Crippen LogP contribution in [0.2, 0.25) is 0 Å². The Labute approximate surface area is 135 Å². The molecule has 2 rings (SSSR count). The van der Waals surface area contributed by atoms with Crippen LogP contribution >= 0.6 is 28.1 Å². The number of hydrogen-bond acceptors (Lipinski definition) is 4. The van der Waals surface area contributed by atoms with Gasteiger partial charge in [0.2, 0.25) is 5.88 Å². The fourth-order valence-corrected chi connectivity index (χ4v) is 2.32. The molecule has 0 aliphatic rings. The lowest BCUT2D eigenvalue weighted by Crippen LogP contribution is -2.18. The molecule has 0 radical (unpaired) electrons. The van der Waals surface area contributed by atoms with Gasteiger partial charge in [-0.05, 0) is 42.9 Å². The van der Waals surface area contributed by atoms with E-state index in [1.807, 2.05) is 19.1 Å². The first-order valence-electron chi connectivity index (χ1n) is 6.38. The van der Waals surface area contributed by atoms with Crippen LogP contribution in [0.25, 0.3) is 0 Å². The van der Waals surface area contributed by atoms with Crippen LogP contribution in [0, 0.1) is 4.77 Å². The third-order valence-corrected chi connectivity index (χ3v) is 3.67. The standard InChI is InChI=1S/C14H14BrN3O2S/c1-2-7-18-13(20)11(12(19)17-14(18)21)8-16-10-5-3-9(15)4-6-10/h3-6,8,20H,2,7H2,1H3,(H,17,19,21). The van der Waals surface area contributed by atoms with Crippen LogP contribution in [-0.2, 0) is 6.54 Å². The summed E-state index contributed by atoms with van der Waals surface area (Å²) in [6, 6.07) is 7.29. The van der Waals surface area contributed by atoms with Crippen molar-refractivity contribution in [3.63, 3.8) is 0 Å². The minimum Gasteiger partial charge on any atom is -0.494 e. The van der Waals surface area contributed by atoms with Crippen molar-refractivity contribution in [1.82, 2.24) is 9.55 Å². The molecule has 0 unspecified atom stereocenters. The summed E-state index contributed by atoms with van der Waals surface area (Å²) in [7, 11) is 0. The second kappa shape index (κ2) is 6.82. The zero-order valence-electron chi connectivity index (χ0n) is 11.3. The Morgan fingerprint density at radius 1 is 1.43 bits per heavy atom. The number of nitrogens with one attached hydrogen (secondary N) is 1. The van der Waals surface area contributed by atoms with Gasteiger partial charge in [0.1, 0.15) is 5.56 Å². The molecule has 7 heteroatoms. The van der Waals surface area contributed by atoms with Crippen LogP contribution in [0.5, 0.6) is 5.88 Å². The zero-order chi connectivity index (χ0) is 15.4. The predicted octanol–water partition coefficient (Wildman–Crippen LogP) is 3.53. The van der Waals surface area contributed by atoms with Crippen LogP contribution in [0.4, 0.5) is 5.69 Å². The monoisotopic (exact) mass is 367 g/mol. The fourth-order valence-electron chi connectivity index (χ4n) is 1.79. The zero-order valence-corrected chi connectivity index (χ0v) is 13.7. The number of benzene rings is 1. The molecule has 0 fully saturated rings. The Bertz CT molecular complexity index is 778. The molecule has 1 aromatic carbocycles. The number of hydrogen-bond donors (Lipinski definition) is 2. The maximum Gasteiger partial charge on any atom is 0.264 e. The Balaban J connectivity index is 2.44. The molecule has 0 aliphatic carbocycles. The van der Waals surface area contributed by atoms with Crippen molar-refractivity contribution in [2.75, 3.05) is 0 Å². The molecule has 0 atom stereocenters. The topological polar surface area (TPSA) is 70.4 Å². The smallest absolute Gasteiger partial charge is 0.264 e. The van der Waals surface area contributed by atoms with Crippen molar-refractivity contribution in [2.45, 2.75) is 19.9 Å². The van der Waals surface area contributed by atoms with Gasteiger partial charge in [0.25, 0.3) is 5.56 Å². The van der Waals surface area contributed by atoms with Crippen molar-refractivity contribution >= 4 is 40.0 Å². The van der Waals surface area contributed by atoms with Gasteiger partial charge in [-0.25, -0.2) is 0 Å². The van der Waals surface area contributed by atoms with E-state index in [-0.39, 0.29) is 16.2 Å². The first kappa shape index (κ1) is 15.7. The number of aromatic hydroxyl groups is 1. The van der Waals surface area contributed by atoms with E-state index in [1.54, 1.807) is 12.1 Å². The molecule has 0 aliphatic heterocycles. The van der Waals surface area contributed by atoms with Gasteiger partial charge in [-0.3, -0.25) is 19.3 Å². The second-order valence-corrected chi connectivity index (χ2v) is 5.69. The molecule has 5 nitrogen and oxygen atoms in total. The summed E-state index contributed by atoms with van der Waals surface area (Å²) in [4.78, 5) is 18.6. The van der Waals surface area contributed by atoms with Gasteiger partial charge in [-0.15, -0.1) is 0 Å². The highest BCUT2D eigenvalue weighted by Crippen LogP contribution is 2.18. The number of H-pyrrole nitrogens is 1. The van der Waals surface area contributed by atoms with Crippen LogP contribution in [-0.4, -0.2) is 20.9 Å². The van der Waals surface area contributed by atoms with Gasteiger partial charge in [-0.2, -0.15) is 0 Å². The SMILES string of the molecule is CCCn1c(O)c(C=Nc2ccc(Br)cc2)c(=O)[nH]c1=S. The molecule has 1 aromatic heterocycles. The van der Waals surface area contributed by atoms with Crippen molar-refractivity contribution in [3.05, 3.63) is 49.4 Å². The highest BCUT2D eigenvalue weighted by atomic mass is 79.9. The maximum absolute atomic E-state index is 11.9. The van der Waals surface area contributed by atoms with E-state index in [0.717, 1.165) is 10.9 Å². The predicted molar refractivity (Wildman–Crippen MR) is 89.2 cm³/mol. The van der Waals surface area contributed by atoms with Crippen molar-refractivity contribution in [1.29, 1.82) is 0 Å². The van der Waals surface area contributed by atoms with E-state index < -0.39 is 5.56 Å². The van der Waals surface area contributed by atoms with Crippen LogP contribution in [0.3, 0.4) is 0 Å². The molecule has 0 spiro atoms. The number of nitrogens with zero attached hydrogens (tertiary/aromatic N) is 2. The molecule has 0 saturated heterocycles. The largest absolute Gasteiger partial charge is 0.494 e. The molecule has 0 amide bonds. The van der Waals surface area contributed by atoms with E-state index in [9.17, 15) is 9.90 Å². The van der Waals surface area contributed by atoms with Gasteiger partial charge < -0.3 is 5.11 Å². The van der Waals surface area contributed by atoms with Crippen molar-refractivity contribution < 1.29 is 5.11 Å². The molecular formula is C14H14BrN3O2S. The molecule has 2 aromatic rings. The lowest BCUT2D eigenvalue weighted by molar-refractivity contribution is 0.402. The molecule has 1 heterocycles.